The third-order valence-corrected chi connectivity index (χ3v) is 5.23. The van der Waals surface area contributed by atoms with Gasteiger partial charge < -0.3 is 5.32 Å². The molecule has 1 aliphatic heterocycles. The summed E-state index contributed by atoms with van der Waals surface area (Å²) < 4.78 is 0. The summed E-state index contributed by atoms with van der Waals surface area (Å²) in [5, 5.41) is 3.70. The van der Waals surface area contributed by atoms with E-state index in [-0.39, 0.29) is 0 Å². The Morgan fingerprint density at radius 1 is 1.26 bits per heavy atom. The zero-order valence-corrected chi connectivity index (χ0v) is 13.1. The fourth-order valence-electron chi connectivity index (χ4n) is 3.02. The Balaban J connectivity index is 1.93. The van der Waals surface area contributed by atoms with E-state index in [0.717, 1.165) is 12.5 Å². The molecule has 0 aliphatic carbocycles. The van der Waals surface area contributed by atoms with Crippen molar-refractivity contribution in [3.8, 4) is 0 Å². The van der Waals surface area contributed by atoms with Crippen molar-refractivity contribution < 1.29 is 0 Å². The van der Waals surface area contributed by atoms with Gasteiger partial charge in [0, 0.05) is 6.04 Å². The molecule has 106 valence electrons. The molecule has 0 bridgehead atoms. The molecule has 1 unspecified atom stereocenters. The minimum Gasteiger partial charge on any atom is -0.314 e. The Morgan fingerprint density at radius 3 is 2.68 bits per heavy atom. The zero-order chi connectivity index (χ0) is 13.5. The van der Waals surface area contributed by atoms with Crippen LogP contribution in [0.5, 0.6) is 0 Å². The van der Waals surface area contributed by atoms with Gasteiger partial charge in [-0.25, -0.2) is 0 Å². The fourth-order valence-corrected chi connectivity index (χ4v) is 4.22. The van der Waals surface area contributed by atoms with Gasteiger partial charge in [-0.3, -0.25) is 0 Å². The van der Waals surface area contributed by atoms with Crippen LogP contribution in [0.1, 0.15) is 37.3 Å². The molecule has 2 rings (SSSR count). The van der Waals surface area contributed by atoms with E-state index in [4.69, 9.17) is 0 Å². The van der Waals surface area contributed by atoms with Crippen LogP contribution in [0.15, 0.2) is 24.3 Å². The van der Waals surface area contributed by atoms with Crippen LogP contribution in [0, 0.1) is 12.8 Å². The molecule has 0 spiro atoms. The lowest BCUT2D eigenvalue weighted by molar-refractivity contribution is 0.366. The Morgan fingerprint density at radius 2 is 2.00 bits per heavy atom. The highest BCUT2D eigenvalue weighted by Crippen LogP contribution is 2.27. The molecule has 1 atom stereocenters. The minimum atomic E-state index is 0.652. The Hall–Kier alpha value is -0.470. The van der Waals surface area contributed by atoms with Crippen molar-refractivity contribution in [3.05, 3.63) is 35.4 Å². The minimum absolute atomic E-state index is 0.652. The zero-order valence-electron chi connectivity index (χ0n) is 12.3. The monoisotopic (exact) mass is 277 g/mol. The molecule has 1 aromatic carbocycles. The van der Waals surface area contributed by atoms with Crippen LogP contribution in [0.25, 0.3) is 0 Å². The largest absolute Gasteiger partial charge is 0.314 e. The van der Waals surface area contributed by atoms with Crippen molar-refractivity contribution in [2.45, 2.75) is 45.6 Å². The van der Waals surface area contributed by atoms with Crippen molar-refractivity contribution in [3.63, 3.8) is 0 Å². The van der Waals surface area contributed by atoms with Gasteiger partial charge in [0.1, 0.15) is 0 Å². The number of likely N-dealkylation sites (N-methyl/N-ethyl adjacent to an activating group) is 1. The molecular weight excluding hydrogens is 250 g/mol. The average molecular weight is 277 g/mol. The van der Waals surface area contributed by atoms with Crippen LogP contribution in [-0.4, -0.2) is 24.1 Å². The first kappa shape index (κ1) is 14.9. The second-order valence-electron chi connectivity index (χ2n) is 5.68. The first-order valence-electron chi connectivity index (χ1n) is 7.65. The molecule has 1 N–H and O–H groups in total. The van der Waals surface area contributed by atoms with E-state index in [1.54, 1.807) is 0 Å². The number of nitrogens with one attached hydrogen (secondary N) is 1. The summed E-state index contributed by atoms with van der Waals surface area (Å²) in [4.78, 5) is 0. The highest BCUT2D eigenvalue weighted by atomic mass is 32.2. The van der Waals surface area contributed by atoms with E-state index in [1.807, 2.05) is 0 Å². The molecule has 1 fully saturated rings. The van der Waals surface area contributed by atoms with Gasteiger partial charge in [-0.2, -0.15) is 11.8 Å². The lowest BCUT2D eigenvalue weighted by Crippen LogP contribution is -2.34. The maximum Gasteiger partial charge on any atom is 0.0110 e. The molecule has 2 heteroatoms. The van der Waals surface area contributed by atoms with Crippen molar-refractivity contribution >= 4 is 11.8 Å². The van der Waals surface area contributed by atoms with Crippen LogP contribution in [-0.2, 0) is 6.42 Å². The van der Waals surface area contributed by atoms with Gasteiger partial charge in [-0.1, -0.05) is 31.2 Å². The lowest BCUT2D eigenvalue weighted by Gasteiger charge is -2.27. The van der Waals surface area contributed by atoms with Gasteiger partial charge in [0.2, 0.25) is 0 Å². The summed E-state index contributed by atoms with van der Waals surface area (Å²) in [5.41, 5.74) is 2.95. The summed E-state index contributed by atoms with van der Waals surface area (Å²) in [5.74, 6) is 3.68. The van der Waals surface area contributed by atoms with Crippen molar-refractivity contribution in [2.24, 2.45) is 5.92 Å². The number of thioether (sulfide) groups is 1. The molecule has 0 saturated carbocycles. The maximum absolute atomic E-state index is 3.70. The molecule has 1 saturated heterocycles. The second kappa shape index (κ2) is 7.96. The topological polar surface area (TPSA) is 12.0 Å². The molecule has 1 aliphatic rings. The Kier molecular flexibility index (Phi) is 6.25. The molecular formula is C17H27NS. The van der Waals surface area contributed by atoms with Crippen LogP contribution in [0.3, 0.4) is 0 Å². The fraction of sp³-hybridized carbons (Fsp3) is 0.647. The third-order valence-electron chi connectivity index (χ3n) is 4.18. The molecule has 1 aromatic rings. The van der Waals surface area contributed by atoms with Gasteiger partial charge >= 0.3 is 0 Å². The standard InChI is InChI=1S/C17H27NS/c1-3-18-17(12-15-8-10-19-11-9-15)13-16-7-5-4-6-14(16)2/h4-7,15,17-18H,3,8-13H2,1-2H3. The number of hydrogen-bond acceptors (Lipinski definition) is 2. The predicted molar refractivity (Wildman–Crippen MR) is 87.0 cm³/mol. The molecule has 19 heavy (non-hydrogen) atoms. The molecule has 0 amide bonds. The smallest absolute Gasteiger partial charge is 0.0110 e. The normalized spacial score (nSPS) is 18.4. The Bertz CT molecular complexity index is 371. The SMILES string of the molecule is CCNC(Cc1ccccc1C)CC1CCSCC1. The number of rotatable bonds is 6. The quantitative estimate of drug-likeness (QED) is 0.842. The van der Waals surface area contributed by atoms with E-state index in [2.05, 4.69) is 55.2 Å². The summed E-state index contributed by atoms with van der Waals surface area (Å²) >= 11 is 2.13. The van der Waals surface area contributed by atoms with Gasteiger partial charge in [0.05, 0.1) is 0 Å². The summed E-state index contributed by atoms with van der Waals surface area (Å²) in [6, 6.07) is 9.48. The van der Waals surface area contributed by atoms with Crippen LogP contribution in [0.4, 0.5) is 0 Å². The van der Waals surface area contributed by atoms with Gasteiger partial charge in [0.25, 0.3) is 0 Å². The highest BCUT2D eigenvalue weighted by molar-refractivity contribution is 7.99. The third kappa shape index (κ3) is 4.85. The van der Waals surface area contributed by atoms with Crippen LogP contribution < -0.4 is 5.32 Å². The number of hydrogen-bond donors (Lipinski definition) is 1. The Labute approximate surface area is 122 Å². The van der Waals surface area contributed by atoms with Gasteiger partial charge in [-0.15, -0.1) is 0 Å². The van der Waals surface area contributed by atoms with E-state index >= 15 is 0 Å². The van der Waals surface area contributed by atoms with Crippen molar-refractivity contribution in [1.82, 2.24) is 5.32 Å². The maximum atomic E-state index is 3.70. The average Bonchev–Trinajstić information content (AvgIpc) is 2.43. The van der Waals surface area contributed by atoms with Crippen LogP contribution >= 0.6 is 11.8 Å². The molecule has 0 aromatic heterocycles. The predicted octanol–water partition coefficient (Wildman–Crippen LogP) is 4.05. The summed E-state index contributed by atoms with van der Waals surface area (Å²) in [6.07, 6.45) is 5.37. The number of benzene rings is 1. The number of aryl methyl sites for hydroxylation is 1. The van der Waals surface area contributed by atoms with Crippen molar-refractivity contribution in [1.29, 1.82) is 0 Å². The molecule has 1 heterocycles. The van der Waals surface area contributed by atoms with E-state index in [1.165, 1.54) is 48.3 Å². The molecule has 0 radical (unpaired) electrons. The summed E-state index contributed by atoms with van der Waals surface area (Å²) in [7, 11) is 0. The van der Waals surface area contributed by atoms with Crippen LogP contribution in [0.2, 0.25) is 0 Å². The highest BCUT2D eigenvalue weighted by Gasteiger charge is 2.19. The first-order chi connectivity index (χ1) is 9.29. The van der Waals surface area contributed by atoms with E-state index in [0.29, 0.717) is 6.04 Å². The second-order valence-corrected chi connectivity index (χ2v) is 6.90. The van der Waals surface area contributed by atoms with Gasteiger partial charge in [0.15, 0.2) is 0 Å². The van der Waals surface area contributed by atoms with E-state index in [9.17, 15) is 0 Å². The first-order valence-corrected chi connectivity index (χ1v) is 8.80. The lowest BCUT2D eigenvalue weighted by atomic mass is 9.90. The molecule has 1 nitrogen and oxygen atoms in total. The van der Waals surface area contributed by atoms with Gasteiger partial charge in [-0.05, 0) is 67.7 Å². The summed E-state index contributed by atoms with van der Waals surface area (Å²) in [6.45, 7) is 5.54. The van der Waals surface area contributed by atoms with E-state index < -0.39 is 0 Å². The van der Waals surface area contributed by atoms with Crippen molar-refractivity contribution in [2.75, 3.05) is 18.1 Å².